The molecule has 0 radical (unpaired) electrons. The third-order valence-electron chi connectivity index (χ3n) is 8.82. The standard InChI is InChI=1S/C44H80NO8P/c1-6-8-10-12-14-16-18-20-21-22-23-25-27-29-31-33-35-37-44(47)53-42(41-52-54(48,49)51-39-38-45(3,4)5)40-50-43(46)36-34-32-30-28-26-24-19-17-15-13-11-9-7-2/h20-21,23-26,29,31,42H,6-19,22,27-28,30,32-41H2,1-5H3/b21-20+,25-23+,26-24+,31-29+/t42-/m1/s1. The molecule has 0 fully saturated rings. The molecule has 0 amide bonds. The molecule has 0 saturated heterocycles. The van der Waals surface area contributed by atoms with Gasteiger partial charge < -0.3 is 27.9 Å². The molecule has 0 aromatic heterocycles. The van der Waals surface area contributed by atoms with Crippen LogP contribution in [0.3, 0.4) is 0 Å². The number of nitrogens with zero attached hydrogens (tertiary/aromatic N) is 1. The minimum atomic E-state index is -4.64. The summed E-state index contributed by atoms with van der Waals surface area (Å²) in [7, 11) is 1.12. The molecule has 0 aliphatic carbocycles. The zero-order valence-electron chi connectivity index (χ0n) is 35.2. The molecule has 0 aromatic rings. The van der Waals surface area contributed by atoms with Gasteiger partial charge in [0.05, 0.1) is 27.7 Å². The maximum Gasteiger partial charge on any atom is 0.306 e. The number of hydrogen-bond donors (Lipinski definition) is 0. The van der Waals surface area contributed by atoms with Crippen LogP contribution in [0.4, 0.5) is 0 Å². The van der Waals surface area contributed by atoms with Crippen molar-refractivity contribution in [2.45, 2.75) is 174 Å². The highest BCUT2D eigenvalue weighted by Crippen LogP contribution is 2.38. The molecule has 10 heteroatoms. The maximum atomic E-state index is 12.6. The van der Waals surface area contributed by atoms with Crippen LogP contribution >= 0.6 is 7.82 Å². The van der Waals surface area contributed by atoms with Crippen LogP contribution in [0.5, 0.6) is 0 Å². The van der Waals surface area contributed by atoms with Gasteiger partial charge in [-0.2, -0.15) is 0 Å². The number of rotatable bonds is 38. The largest absolute Gasteiger partial charge is 0.756 e. The first-order chi connectivity index (χ1) is 26.0. The average Bonchev–Trinajstić information content (AvgIpc) is 3.12. The van der Waals surface area contributed by atoms with Crippen molar-refractivity contribution in [2.24, 2.45) is 0 Å². The van der Waals surface area contributed by atoms with E-state index in [1.54, 1.807) is 0 Å². The SMILES string of the molecule is CCCCCCCC/C=C/C/C=C/C/C=C/CCCC(=O)O[C@H](COC(=O)CCCCC/C=C/CCCCCCCC)COP(=O)([O-])OCC[N+](C)(C)C. The highest BCUT2D eigenvalue weighted by molar-refractivity contribution is 7.45. The summed E-state index contributed by atoms with van der Waals surface area (Å²) in [6, 6.07) is 0. The van der Waals surface area contributed by atoms with Crippen LogP contribution in [-0.2, 0) is 32.7 Å². The van der Waals surface area contributed by atoms with Crippen molar-refractivity contribution in [3.05, 3.63) is 48.6 Å². The van der Waals surface area contributed by atoms with E-state index in [2.05, 4.69) is 56.4 Å². The van der Waals surface area contributed by atoms with E-state index in [1.165, 1.54) is 77.0 Å². The molecule has 314 valence electrons. The molecule has 0 heterocycles. The van der Waals surface area contributed by atoms with Gasteiger partial charge in [0, 0.05) is 12.8 Å². The lowest BCUT2D eigenvalue weighted by Crippen LogP contribution is -2.37. The van der Waals surface area contributed by atoms with Crippen molar-refractivity contribution in [1.82, 2.24) is 0 Å². The molecule has 54 heavy (non-hydrogen) atoms. The van der Waals surface area contributed by atoms with E-state index in [0.29, 0.717) is 30.3 Å². The molecule has 0 N–H and O–H groups in total. The van der Waals surface area contributed by atoms with Crippen molar-refractivity contribution in [1.29, 1.82) is 0 Å². The first-order valence-corrected chi connectivity index (χ1v) is 22.8. The predicted octanol–water partition coefficient (Wildman–Crippen LogP) is 11.3. The first-order valence-electron chi connectivity index (χ1n) is 21.3. The summed E-state index contributed by atoms with van der Waals surface area (Å²) >= 11 is 0. The lowest BCUT2D eigenvalue weighted by Gasteiger charge is -2.28. The molecule has 0 aliphatic rings. The van der Waals surface area contributed by atoms with Crippen molar-refractivity contribution < 1.29 is 42.1 Å². The number of carbonyl (C=O) groups is 2. The fraction of sp³-hybridized carbons (Fsp3) is 0.773. The van der Waals surface area contributed by atoms with Gasteiger partial charge in [-0.3, -0.25) is 14.2 Å². The number of phosphoric ester groups is 1. The second-order valence-corrected chi connectivity index (χ2v) is 16.8. The summed E-state index contributed by atoms with van der Waals surface area (Å²) in [6.45, 7) is 4.12. The van der Waals surface area contributed by atoms with Crippen LogP contribution in [-0.4, -0.2) is 70.0 Å². The third-order valence-corrected chi connectivity index (χ3v) is 9.79. The van der Waals surface area contributed by atoms with Gasteiger partial charge in [-0.05, 0) is 70.6 Å². The predicted molar refractivity (Wildman–Crippen MR) is 222 cm³/mol. The summed E-state index contributed by atoms with van der Waals surface area (Å²) in [4.78, 5) is 37.4. The van der Waals surface area contributed by atoms with E-state index in [0.717, 1.165) is 44.9 Å². The number of unbranched alkanes of at least 4 members (excludes halogenated alkanes) is 16. The zero-order chi connectivity index (χ0) is 40.0. The Bertz CT molecular complexity index is 1070. The highest BCUT2D eigenvalue weighted by atomic mass is 31.2. The third kappa shape index (κ3) is 39.7. The molecule has 0 aliphatic heterocycles. The van der Waals surface area contributed by atoms with Crippen molar-refractivity contribution in [3.8, 4) is 0 Å². The summed E-state index contributed by atoms with van der Waals surface area (Å²) in [5.41, 5.74) is 0. The second kappa shape index (κ2) is 36.6. The Balaban J connectivity index is 4.50. The molecule has 0 saturated carbocycles. The van der Waals surface area contributed by atoms with E-state index in [4.69, 9.17) is 18.5 Å². The first kappa shape index (κ1) is 52.0. The second-order valence-electron chi connectivity index (χ2n) is 15.3. The van der Waals surface area contributed by atoms with Gasteiger partial charge in [-0.15, -0.1) is 0 Å². The minimum absolute atomic E-state index is 0.0434. The number of esters is 2. The van der Waals surface area contributed by atoms with Crippen LogP contribution in [0, 0.1) is 0 Å². The molecular weight excluding hydrogens is 701 g/mol. The monoisotopic (exact) mass is 782 g/mol. The fourth-order valence-corrected chi connectivity index (χ4v) is 6.16. The van der Waals surface area contributed by atoms with Crippen molar-refractivity contribution in [3.63, 3.8) is 0 Å². The summed E-state index contributed by atoms with van der Waals surface area (Å²) in [6.07, 6.45) is 41.5. The number of ether oxygens (including phenoxy) is 2. The van der Waals surface area contributed by atoms with E-state index < -0.39 is 32.5 Å². The maximum absolute atomic E-state index is 12.6. The smallest absolute Gasteiger partial charge is 0.306 e. The minimum Gasteiger partial charge on any atom is -0.756 e. The highest BCUT2D eigenvalue weighted by Gasteiger charge is 2.21. The van der Waals surface area contributed by atoms with E-state index in [1.807, 2.05) is 27.2 Å². The number of quaternary nitrogens is 1. The lowest BCUT2D eigenvalue weighted by atomic mass is 10.1. The Labute approximate surface area is 331 Å². The molecule has 0 spiro atoms. The molecule has 0 aromatic carbocycles. The van der Waals surface area contributed by atoms with Gasteiger partial charge in [-0.1, -0.05) is 133 Å². The van der Waals surface area contributed by atoms with Gasteiger partial charge in [0.2, 0.25) is 0 Å². The summed E-state index contributed by atoms with van der Waals surface area (Å²) < 4.78 is 33.8. The number of carbonyl (C=O) groups excluding carboxylic acids is 2. The molecule has 0 bridgehead atoms. The summed E-state index contributed by atoms with van der Waals surface area (Å²) in [5.74, 6) is -0.917. The van der Waals surface area contributed by atoms with E-state index in [-0.39, 0.29) is 26.1 Å². The zero-order valence-corrected chi connectivity index (χ0v) is 36.0. The van der Waals surface area contributed by atoms with E-state index in [9.17, 15) is 19.0 Å². The normalized spacial score (nSPS) is 14.1. The molecule has 1 unspecified atom stereocenters. The van der Waals surface area contributed by atoms with Gasteiger partial charge in [-0.25, -0.2) is 0 Å². The fourth-order valence-electron chi connectivity index (χ4n) is 5.43. The number of phosphoric acid groups is 1. The number of hydrogen-bond acceptors (Lipinski definition) is 8. The molecule has 9 nitrogen and oxygen atoms in total. The topological polar surface area (TPSA) is 111 Å². The number of allylic oxidation sites excluding steroid dienone is 8. The van der Waals surface area contributed by atoms with Crippen LogP contribution in [0.25, 0.3) is 0 Å². The number of likely N-dealkylation sites (N-methyl/N-ethyl adjacent to an activating group) is 1. The van der Waals surface area contributed by atoms with Crippen LogP contribution in [0.2, 0.25) is 0 Å². The summed E-state index contributed by atoms with van der Waals surface area (Å²) in [5, 5.41) is 0. The average molecular weight is 782 g/mol. The lowest BCUT2D eigenvalue weighted by molar-refractivity contribution is -0.870. The quantitative estimate of drug-likeness (QED) is 0.0200. The Hall–Kier alpha value is -2.03. The van der Waals surface area contributed by atoms with Crippen molar-refractivity contribution >= 4 is 19.8 Å². The van der Waals surface area contributed by atoms with Crippen molar-refractivity contribution in [2.75, 3.05) is 47.5 Å². The Morgan fingerprint density at radius 3 is 1.56 bits per heavy atom. The van der Waals surface area contributed by atoms with E-state index >= 15 is 0 Å². The van der Waals surface area contributed by atoms with Crippen LogP contribution < -0.4 is 4.89 Å². The molecular formula is C44H80NO8P. The van der Waals surface area contributed by atoms with Gasteiger partial charge >= 0.3 is 11.9 Å². The molecule has 2 atom stereocenters. The van der Waals surface area contributed by atoms with Crippen LogP contribution in [0.1, 0.15) is 168 Å². The van der Waals surface area contributed by atoms with Gasteiger partial charge in [0.1, 0.15) is 19.8 Å². The van der Waals surface area contributed by atoms with Crippen LogP contribution in [0.15, 0.2) is 48.6 Å². The van der Waals surface area contributed by atoms with Gasteiger partial charge in [0.25, 0.3) is 7.82 Å². The Morgan fingerprint density at radius 1 is 0.574 bits per heavy atom. The Morgan fingerprint density at radius 2 is 1.02 bits per heavy atom. The molecule has 0 rings (SSSR count). The van der Waals surface area contributed by atoms with Gasteiger partial charge in [0.15, 0.2) is 6.10 Å². The Kier molecular flexibility index (Phi) is 35.2.